The van der Waals surface area contributed by atoms with E-state index in [1.807, 2.05) is 19.1 Å². The fourth-order valence-corrected chi connectivity index (χ4v) is 3.29. The predicted octanol–water partition coefficient (Wildman–Crippen LogP) is 2.93. The molecule has 1 aliphatic heterocycles. The Morgan fingerprint density at radius 1 is 1.04 bits per heavy atom. The Kier molecular flexibility index (Phi) is 5.56. The second-order valence-corrected chi connectivity index (χ2v) is 6.39. The first-order chi connectivity index (χ1) is 12.1. The molecule has 25 heavy (non-hydrogen) atoms. The Hall–Kier alpha value is -2.53. The van der Waals surface area contributed by atoms with Crippen LogP contribution in [0.25, 0.3) is 0 Å². The highest BCUT2D eigenvalue weighted by Crippen LogP contribution is 2.20. The second-order valence-electron chi connectivity index (χ2n) is 6.39. The number of hydrogen-bond acceptors (Lipinski definition) is 4. The Balaban J connectivity index is 1.49. The summed E-state index contributed by atoms with van der Waals surface area (Å²) in [6.45, 7) is 7.69. The van der Waals surface area contributed by atoms with Gasteiger partial charge in [0.1, 0.15) is 0 Å². The van der Waals surface area contributed by atoms with Crippen LogP contribution >= 0.6 is 0 Å². The van der Waals surface area contributed by atoms with Crippen molar-refractivity contribution < 1.29 is 9.90 Å². The normalized spacial score (nSPS) is 15.2. The van der Waals surface area contributed by atoms with Gasteiger partial charge in [-0.15, -0.1) is 0 Å². The summed E-state index contributed by atoms with van der Waals surface area (Å²) in [5.41, 5.74) is 3.33. The van der Waals surface area contributed by atoms with Gasteiger partial charge in [-0.25, -0.2) is 4.79 Å². The number of para-hydroxylation sites is 2. The Labute approximate surface area is 148 Å². The van der Waals surface area contributed by atoms with Gasteiger partial charge in [0.15, 0.2) is 0 Å². The number of rotatable bonds is 6. The number of anilines is 2. The largest absolute Gasteiger partial charge is 0.478 e. The van der Waals surface area contributed by atoms with Crippen molar-refractivity contribution in [3.8, 4) is 0 Å². The standard InChI is InChI=1S/C20H25N3O2/c1-16-6-5-9-18(20(24)25)19(16)21-10-11-22-12-14-23(15-13-22)17-7-3-2-4-8-17/h2-9,21H,10-15H2,1H3,(H,24,25). The average Bonchev–Trinajstić information content (AvgIpc) is 2.64. The van der Waals surface area contributed by atoms with E-state index in [9.17, 15) is 9.90 Å². The van der Waals surface area contributed by atoms with Crippen molar-refractivity contribution in [2.75, 3.05) is 49.5 Å². The summed E-state index contributed by atoms with van der Waals surface area (Å²) in [6, 6.07) is 15.9. The molecule has 0 unspecified atom stereocenters. The van der Waals surface area contributed by atoms with Crippen LogP contribution in [0.15, 0.2) is 48.5 Å². The van der Waals surface area contributed by atoms with Crippen molar-refractivity contribution in [2.24, 2.45) is 0 Å². The lowest BCUT2D eigenvalue weighted by atomic mass is 10.1. The molecule has 5 heteroatoms. The van der Waals surface area contributed by atoms with Crippen molar-refractivity contribution in [1.82, 2.24) is 4.90 Å². The van der Waals surface area contributed by atoms with E-state index < -0.39 is 5.97 Å². The van der Waals surface area contributed by atoms with E-state index >= 15 is 0 Å². The molecule has 0 atom stereocenters. The third-order valence-electron chi connectivity index (χ3n) is 4.73. The zero-order valence-corrected chi connectivity index (χ0v) is 14.6. The van der Waals surface area contributed by atoms with Gasteiger partial charge in [-0.2, -0.15) is 0 Å². The third kappa shape index (κ3) is 4.31. The zero-order valence-electron chi connectivity index (χ0n) is 14.6. The summed E-state index contributed by atoms with van der Waals surface area (Å²) in [6.07, 6.45) is 0. The Bertz CT molecular complexity index is 710. The zero-order chi connectivity index (χ0) is 17.6. The quantitative estimate of drug-likeness (QED) is 0.847. The number of aromatic carboxylic acids is 1. The predicted molar refractivity (Wildman–Crippen MR) is 102 cm³/mol. The molecule has 2 aromatic rings. The van der Waals surface area contributed by atoms with E-state index in [-0.39, 0.29) is 0 Å². The highest BCUT2D eigenvalue weighted by Gasteiger charge is 2.17. The van der Waals surface area contributed by atoms with Crippen LogP contribution < -0.4 is 10.2 Å². The SMILES string of the molecule is Cc1cccc(C(=O)O)c1NCCN1CCN(c2ccccc2)CC1. The molecule has 3 rings (SSSR count). The molecule has 0 aliphatic carbocycles. The number of carboxylic acid groups (broad SMARTS) is 1. The van der Waals surface area contributed by atoms with Crippen molar-refractivity contribution in [3.63, 3.8) is 0 Å². The van der Waals surface area contributed by atoms with E-state index in [0.29, 0.717) is 5.56 Å². The molecule has 0 saturated carbocycles. The molecule has 0 radical (unpaired) electrons. The van der Waals surface area contributed by atoms with Gasteiger partial charge in [0.25, 0.3) is 0 Å². The van der Waals surface area contributed by atoms with E-state index in [1.165, 1.54) is 5.69 Å². The minimum absolute atomic E-state index is 0.342. The van der Waals surface area contributed by atoms with Crippen LogP contribution in [0.3, 0.4) is 0 Å². The van der Waals surface area contributed by atoms with Crippen LogP contribution in [0, 0.1) is 6.92 Å². The first kappa shape index (κ1) is 17.3. The Morgan fingerprint density at radius 3 is 2.44 bits per heavy atom. The maximum absolute atomic E-state index is 11.4. The minimum Gasteiger partial charge on any atom is -0.478 e. The van der Waals surface area contributed by atoms with Gasteiger partial charge in [-0.1, -0.05) is 30.3 Å². The van der Waals surface area contributed by atoms with Gasteiger partial charge in [0, 0.05) is 45.0 Å². The summed E-state index contributed by atoms with van der Waals surface area (Å²) in [5.74, 6) is -0.886. The van der Waals surface area contributed by atoms with Crippen LogP contribution in [0.1, 0.15) is 15.9 Å². The number of aryl methyl sites for hydroxylation is 1. The maximum Gasteiger partial charge on any atom is 0.337 e. The van der Waals surface area contributed by atoms with E-state index in [4.69, 9.17) is 0 Å². The van der Waals surface area contributed by atoms with Crippen LogP contribution in [-0.4, -0.2) is 55.2 Å². The van der Waals surface area contributed by atoms with Gasteiger partial charge in [0.05, 0.1) is 11.3 Å². The fourth-order valence-electron chi connectivity index (χ4n) is 3.29. The summed E-state index contributed by atoms with van der Waals surface area (Å²) < 4.78 is 0. The minimum atomic E-state index is -0.886. The molecule has 1 aliphatic rings. The fraction of sp³-hybridized carbons (Fsp3) is 0.350. The number of carboxylic acids is 1. The molecule has 0 bridgehead atoms. The van der Waals surface area contributed by atoms with Crippen molar-refractivity contribution in [3.05, 3.63) is 59.7 Å². The molecule has 1 saturated heterocycles. The number of piperazine rings is 1. The molecule has 1 heterocycles. The number of nitrogens with one attached hydrogen (secondary N) is 1. The number of hydrogen-bond donors (Lipinski definition) is 2. The van der Waals surface area contributed by atoms with Gasteiger partial charge >= 0.3 is 5.97 Å². The van der Waals surface area contributed by atoms with Gasteiger partial charge in [-0.3, -0.25) is 4.90 Å². The molecule has 132 valence electrons. The van der Waals surface area contributed by atoms with Gasteiger partial charge in [0.2, 0.25) is 0 Å². The Morgan fingerprint density at radius 2 is 1.76 bits per heavy atom. The summed E-state index contributed by atoms with van der Waals surface area (Å²) in [5, 5.41) is 12.6. The second kappa shape index (κ2) is 8.03. The molecule has 2 N–H and O–H groups in total. The molecule has 2 aromatic carbocycles. The lowest BCUT2D eigenvalue weighted by Gasteiger charge is -2.36. The number of nitrogens with zero attached hydrogens (tertiary/aromatic N) is 2. The van der Waals surface area contributed by atoms with E-state index in [1.54, 1.807) is 12.1 Å². The highest BCUT2D eigenvalue weighted by atomic mass is 16.4. The monoisotopic (exact) mass is 339 g/mol. The topological polar surface area (TPSA) is 55.8 Å². The van der Waals surface area contributed by atoms with Crippen molar-refractivity contribution >= 4 is 17.3 Å². The number of carbonyl (C=O) groups is 1. The smallest absolute Gasteiger partial charge is 0.337 e. The molecular weight excluding hydrogens is 314 g/mol. The molecule has 0 aromatic heterocycles. The molecule has 5 nitrogen and oxygen atoms in total. The molecule has 0 amide bonds. The van der Waals surface area contributed by atoms with E-state index in [0.717, 1.165) is 50.5 Å². The molecule has 1 fully saturated rings. The number of benzene rings is 2. The van der Waals surface area contributed by atoms with Crippen molar-refractivity contribution in [2.45, 2.75) is 6.92 Å². The summed E-state index contributed by atoms with van der Waals surface area (Å²) in [7, 11) is 0. The summed E-state index contributed by atoms with van der Waals surface area (Å²) >= 11 is 0. The van der Waals surface area contributed by atoms with Gasteiger partial charge in [-0.05, 0) is 30.7 Å². The average molecular weight is 339 g/mol. The first-order valence-electron chi connectivity index (χ1n) is 8.74. The van der Waals surface area contributed by atoms with Crippen molar-refractivity contribution in [1.29, 1.82) is 0 Å². The first-order valence-corrected chi connectivity index (χ1v) is 8.74. The molecule has 0 spiro atoms. The van der Waals surface area contributed by atoms with Gasteiger partial charge < -0.3 is 15.3 Å². The van der Waals surface area contributed by atoms with Crippen LogP contribution in [0.2, 0.25) is 0 Å². The third-order valence-corrected chi connectivity index (χ3v) is 4.73. The van der Waals surface area contributed by atoms with Crippen LogP contribution in [0.5, 0.6) is 0 Å². The maximum atomic E-state index is 11.4. The summed E-state index contributed by atoms with van der Waals surface area (Å²) in [4.78, 5) is 16.2. The highest BCUT2D eigenvalue weighted by molar-refractivity contribution is 5.95. The van der Waals surface area contributed by atoms with Crippen LogP contribution in [0.4, 0.5) is 11.4 Å². The lowest BCUT2D eigenvalue weighted by molar-refractivity contribution is 0.0698. The lowest BCUT2D eigenvalue weighted by Crippen LogP contribution is -2.47. The van der Waals surface area contributed by atoms with E-state index in [2.05, 4.69) is 39.4 Å². The van der Waals surface area contributed by atoms with Crippen LogP contribution in [-0.2, 0) is 0 Å². The molecular formula is C20H25N3O2.